The molecule has 2 aromatic carbocycles. The van der Waals surface area contributed by atoms with Gasteiger partial charge in [-0.3, -0.25) is 9.78 Å². The summed E-state index contributed by atoms with van der Waals surface area (Å²) in [7, 11) is 1.58. The largest absolute Gasteiger partial charge is 0.493 e. The molecule has 3 aromatic rings. The lowest BCUT2D eigenvalue weighted by atomic mass is 9.87. The third kappa shape index (κ3) is 4.63. The monoisotopic (exact) mass is 460 g/mol. The molecule has 5 rings (SSSR count). The van der Waals surface area contributed by atoms with Crippen LogP contribution in [-0.2, 0) is 13.0 Å². The van der Waals surface area contributed by atoms with Crippen LogP contribution >= 0.6 is 0 Å². The lowest BCUT2D eigenvalue weighted by Crippen LogP contribution is -2.31. The number of hydrogen-bond donors (Lipinski definition) is 0. The van der Waals surface area contributed by atoms with Gasteiger partial charge in [0.15, 0.2) is 11.5 Å². The molecule has 1 aliphatic heterocycles. The first-order chi connectivity index (χ1) is 16.6. The Hall–Kier alpha value is -3.41. The second kappa shape index (κ2) is 9.84. The Balaban J connectivity index is 1.31. The second-order valence-electron chi connectivity index (χ2n) is 9.25. The van der Waals surface area contributed by atoms with Gasteiger partial charge < -0.3 is 14.4 Å². The van der Waals surface area contributed by atoms with E-state index in [1.54, 1.807) is 37.6 Å². The van der Waals surface area contributed by atoms with Crippen molar-refractivity contribution >= 4 is 5.91 Å². The van der Waals surface area contributed by atoms with Gasteiger partial charge in [-0.25, -0.2) is 4.39 Å². The highest BCUT2D eigenvalue weighted by Gasteiger charge is 2.44. The van der Waals surface area contributed by atoms with Crippen molar-refractivity contribution in [3.05, 3.63) is 89.5 Å². The second-order valence-corrected chi connectivity index (χ2v) is 9.25. The van der Waals surface area contributed by atoms with Crippen molar-refractivity contribution in [3.8, 4) is 11.5 Å². The number of hydrogen-bond acceptors (Lipinski definition) is 4. The Labute approximate surface area is 199 Å². The summed E-state index contributed by atoms with van der Waals surface area (Å²) in [5.74, 6) is 2.16. The smallest absolute Gasteiger partial charge is 0.257 e. The minimum Gasteiger partial charge on any atom is -0.493 e. The highest BCUT2D eigenvalue weighted by Crippen LogP contribution is 2.44. The van der Waals surface area contributed by atoms with Crippen molar-refractivity contribution < 1.29 is 18.7 Å². The van der Waals surface area contributed by atoms with Gasteiger partial charge in [-0.1, -0.05) is 24.3 Å². The molecule has 1 aromatic heterocycles. The van der Waals surface area contributed by atoms with Crippen molar-refractivity contribution in [2.45, 2.75) is 25.9 Å². The minimum absolute atomic E-state index is 0.0335. The summed E-state index contributed by atoms with van der Waals surface area (Å²) in [6.45, 7) is 1.73. The number of carbonyl (C=O) groups excluding carboxylic acids is 1. The van der Waals surface area contributed by atoms with E-state index >= 15 is 0 Å². The summed E-state index contributed by atoms with van der Waals surface area (Å²) in [5, 5.41) is 0. The van der Waals surface area contributed by atoms with E-state index in [9.17, 15) is 9.18 Å². The Morgan fingerprint density at radius 3 is 2.76 bits per heavy atom. The van der Waals surface area contributed by atoms with Crippen LogP contribution in [0.25, 0.3) is 0 Å². The number of rotatable bonds is 7. The van der Waals surface area contributed by atoms with E-state index in [0.29, 0.717) is 34.8 Å². The molecule has 1 amide bonds. The van der Waals surface area contributed by atoms with Crippen LogP contribution < -0.4 is 9.47 Å². The molecular formula is C28H29FN2O3. The molecule has 0 N–H and O–H groups in total. The zero-order chi connectivity index (χ0) is 23.5. The van der Waals surface area contributed by atoms with Crippen LogP contribution in [0.15, 0.2) is 66.9 Å². The molecule has 0 unspecified atom stereocenters. The number of para-hydroxylation sites is 1. The van der Waals surface area contributed by atoms with E-state index in [1.807, 2.05) is 35.2 Å². The third-order valence-corrected chi connectivity index (χ3v) is 7.20. The van der Waals surface area contributed by atoms with Gasteiger partial charge in [-0.15, -0.1) is 0 Å². The van der Waals surface area contributed by atoms with Crippen LogP contribution in [0.5, 0.6) is 11.5 Å². The fraction of sp³-hybridized carbons (Fsp3) is 0.357. The Bertz CT molecular complexity index is 1150. The van der Waals surface area contributed by atoms with Gasteiger partial charge in [0.2, 0.25) is 0 Å². The maximum absolute atomic E-state index is 13.7. The van der Waals surface area contributed by atoms with Gasteiger partial charge in [-0.2, -0.15) is 0 Å². The predicted molar refractivity (Wildman–Crippen MR) is 127 cm³/mol. The first-order valence-electron chi connectivity index (χ1n) is 11.9. The molecule has 0 bridgehead atoms. The third-order valence-electron chi connectivity index (χ3n) is 7.20. The number of methoxy groups -OCH3 is 1. The van der Waals surface area contributed by atoms with Crippen molar-refractivity contribution in [1.82, 2.24) is 9.88 Å². The average Bonchev–Trinajstić information content (AvgIpc) is 3.45. The van der Waals surface area contributed by atoms with E-state index in [-0.39, 0.29) is 18.3 Å². The fourth-order valence-electron chi connectivity index (χ4n) is 5.56. The normalized spacial score (nSPS) is 21.4. The minimum atomic E-state index is -0.188. The molecule has 2 heterocycles. The zero-order valence-corrected chi connectivity index (χ0v) is 19.3. The molecule has 3 atom stereocenters. The predicted octanol–water partition coefficient (Wildman–Crippen LogP) is 5.15. The summed E-state index contributed by atoms with van der Waals surface area (Å²) in [6, 6.07) is 18.0. The van der Waals surface area contributed by atoms with Gasteiger partial charge in [0.1, 0.15) is 12.4 Å². The van der Waals surface area contributed by atoms with Crippen LogP contribution in [0.2, 0.25) is 0 Å². The molecule has 1 aliphatic carbocycles. The van der Waals surface area contributed by atoms with Crippen LogP contribution in [0, 0.1) is 23.6 Å². The van der Waals surface area contributed by atoms with Gasteiger partial charge >= 0.3 is 0 Å². The highest BCUT2D eigenvalue weighted by molar-refractivity contribution is 5.98. The first kappa shape index (κ1) is 22.4. The molecule has 0 radical (unpaired) electrons. The van der Waals surface area contributed by atoms with Crippen molar-refractivity contribution in [2.75, 3.05) is 20.2 Å². The number of carbonyl (C=O) groups is 1. The first-order valence-corrected chi connectivity index (χ1v) is 11.9. The summed E-state index contributed by atoms with van der Waals surface area (Å²) in [5.41, 5.74) is 2.33. The van der Waals surface area contributed by atoms with Crippen LogP contribution in [0.4, 0.5) is 4.39 Å². The average molecular weight is 461 g/mol. The van der Waals surface area contributed by atoms with Crippen LogP contribution in [-0.4, -0.2) is 36.0 Å². The van der Waals surface area contributed by atoms with E-state index in [2.05, 4.69) is 4.98 Å². The standard InChI is InChI=1S/C28H29FN2O3/c1-33-26-10-5-9-24(27(26)34-18-23-8-2-3-13-30-23)28(32)31-16-21-12-11-20(25(21)17-31)14-19-6-4-7-22(29)15-19/h2-10,13,15,20-21,25H,11-12,14,16-18H2,1H3/t20-,21-,25-/m1/s1. The van der Waals surface area contributed by atoms with Gasteiger partial charge in [0.05, 0.1) is 18.4 Å². The molecule has 2 fully saturated rings. The maximum Gasteiger partial charge on any atom is 0.257 e. The van der Waals surface area contributed by atoms with Crippen molar-refractivity contribution in [1.29, 1.82) is 0 Å². The topological polar surface area (TPSA) is 51.7 Å². The number of amides is 1. The summed E-state index contributed by atoms with van der Waals surface area (Å²) >= 11 is 0. The molecule has 2 aliphatic rings. The number of benzene rings is 2. The molecule has 176 valence electrons. The Morgan fingerprint density at radius 2 is 1.97 bits per heavy atom. The molecule has 5 nitrogen and oxygen atoms in total. The number of halogens is 1. The van der Waals surface area contributed by atoms with Crippen molar-refractivity contribution in [3.63, 3.8) is 0 Å². The SMILES string of the molecule is COc1cccc(C(=O)N2C[C@H]3CC[C@H](Cc4cccc(F)c4)[C@H]3C2)c1OCc1ccccn1. The molecule has 1 saturated carbocycles. The van der Waals surface area contributed by atoms with E-state index in [0.717, 1.165) is 43.6 Å². The number of fused-ring (bicyclic) bond motifs is 1. The van der Waals surface area contributed by atoms with Gasteiger partial charge in [-0.05, 0) is 79.0 Å². The summed E-state index contributed by atoms with van der Waals surface area (Å²) < 4.78 is 25.2. The van der Waals surface area contributed by atoms with Gasteiger partial charge in [0, 0.05) is 19.3 Å². The number of aromatic nitrogens is 1. The Morgan fingerprint density at radius 1 is 1.09 bits per heavy atom. The molecule has 1 saturated heterocycles. The Kier molecular flexibility index (Phi) is 6.48. The van der Waals surface area contributed by atoms with E-state index in [4.69, 9.17) is 9.47 Å². The molecule has 0 spiro atoms. The summed E-state index contributed by atoms with van der Waals surface area (Å²) in [6.07, 6.45) is 4.82. The number of likely N-dealkylation sites (tertiary alicyclic amines) is 1. The highest BCUT2D eigenvalue weighted by atomic mass is 19.1. The lowest BCUT2D eigenvalue weighted by Gasteiger charge is -2.22. The maximum atomic E-state index is 13.7. The molecule has 34 heavy (non-hydrogen) atoms. The molecular weight excluding hydrogens is 431 g/mol. The van der Waals surface area contributed by atoms with E-state index in [1.165, 1.54) is 6.07 Å². The fourth-order valence-corrected chi connectivity index (χ4v) is 5.56. The number of ether oxygens (including phenoxy) is 2. The summed E-state index contributed by atoms with van der Waals surface area (Å²) in [4.78, 5) is 19.9. The number of pyridine rings is 1. The van der Waals surface area contributed by atoms with Crippen LogP contribution in [0.1, 0.15) is 34.5 Å². The van der Waals surface area contributed by atoms with Crippen molar-refractivity contribution in [2.24, 2.45) is 17.8 Å². The van der Waals surface area contributed by atoms with E-state index < -0.39 is 0 Å². The quantitative estimate of drug-likeness (QED) is 0.489. The zero-order valence-electron chi connectivity index (χ0n) is 19.3. The van der Waals surface area contributed by atoms with Gasteiger partial charge in [0.25, 0.3) is 5.91 Å². The molecule has 6 heteroatoms. The lowest BCUT2D eigenvalue weighted by molar-refractivity contribution is 0.0770. The number of nitrogens with zero attached hydrogens (tertiary/aromatic N) is 2. The van der Waals surface area contributed by atoms with Crippen LogP contribution in [0.3, 0.4) is 0 Å².